The molecule has 3 aromatic heterocycles. The first kappa shape index (κ1) is 19.4. The van der Waals surface area contributed by atoms with Crippen molar-refractivity contribution in [2.45, 2.75) is 32.2 Å². The lowest BCUT2D eigenvalue weighted by Crippen LogP contribution is -2.47. The van der Waals surface area contributed by atoms with Gasteiger partial charge in [-0.15, -0.1) is 22.7 Å². The second kappa shape index (κ2) is 8.30. The number of rotatable bonds is 5. The average molecular weight is 428 g/mol. The molecule has 2 atom stereocenters. The predicted molar refractivity (Wildman–Crippen MR) is 123 cm³/mol. The van der Waals surface area contributed by atoms with Crippen molar-refractivity contribution >= 4 is 38.7 Å². The van der Waals surface area contributed by atoms with E-state index in [2.05, 4.69) is 56.6 Å². The maximum atomic E-state index is 4.68. The molecular formula is C22H29N5S2. The van der Waals surface area contributed by atoms with E-state index in [9.17, 15) is 0 Å². The van der Waals surface area contributed by atoms with Gasteiger partial charge in [0, 0.05) is 42.5 Å². The molecule has 0 radical (unpaired) electrons. The molecule has 0 spiro atoms. The van der Waals surface area contributed by atoms with Gasteiger partial charge in [-0.3, -0.25) is 4.90 Å². The van der Waals surface area contributed by atoms with E-state index in [1.807, 2.05) is 22.7 Å². The van der Waals surface area contributed by atoms with Gasteiger partial charge in [0.15, 0.2) is 0 Å². The zero-order chi connectivity index (χ0) is 19.8. The van der Waals surface area contributed by atoms with E-state index in [0.717, 1.165) is 55.7 Å². The Kier molecular flexibility index (Phi) is 5.56. The summed E-state index contributed by atoms with van der Waals surface area (Å²) in [7, 11) is 2.22. The molecule has 2 aliphatic rings. The van der Waals surface area contributed by atoms with Crippen LogP contribution in [0.5, 0.6) is 0 Å². The third kappa shape index (κ3) is 3.93. The molecule has 1 aliphatic carbocycles. The Balaban J connectivity index is 1.41. The molecule has 154 valence electrons. The molecule has 0 aromatic carbocycles. The van der Waals surface area contributed by atoms with Gasteiger partial charge >= 0.3 is 0 Å². The molecule has 5 rings (SSSR count). The number of nitrogens with one attached hydrogen (secondary N) is 1. The van der Waals surface area contributed by atoms with E-state index in [4.69, 9.17) is 0 Å². The summed E-state index contributed by atoms with van der Waals surface area (Å²) in [6, 6.07) is 4.84. The van der Waals surface area contributed by atoms with Gasteiger partial charge in [-0.2, -0.15) is 0 Å². The third-order valence-corrected chi connectivity index (χ3v) is 8.54. The lowest BCUT2D eigenvalue weighted by atomic mass is 9.89. The predicted octanol–water partition coefficient (Wildman–Crippen LogP) is 4.28. The van der Waals surface area contributed by atoms with Crippen molar-refractivity contribution < 1.29 is 0 Å². The van der Waals surface area contributed by atoms with Crippen LogP contribution in [0.1, 0.15) is 34.7 Å². The molecule has 3 aromatic rings. The molecule has 29 heavy (non-hydrogen) atoms. The van der Waals surface area contributed by atoms with Crippen LogP contribution in [0.4, 0.5) is 5.82 Å². The van der Waals surface area contributed by atoms with Crippen molar-refractivity contribution in [3.05, 3.63) is 39.2 Å². The quantitative estimate of drug-likeness (QED) is 0.658. The minimum Gasteiger partial charge on any atom is -0.367 e. The maximum absolute atomic E-state index is 4.68. The number of nitrogens with zero attached hydrogens (tertiary/aromatic N) is 4. The van der Waals surface area contributed by atoms with Crippen LogP contribution in [0.2, 0.25) is 0 Å². The van der Waals surface area contributed by atoms with Gasteiger partial charge < -0.3 is 10.2 Å². The van der Waals surface area contributed by atoms with E-state index >= 15 is 0 Å². The number of piperazine rings is 1. The first-order valence-corrected chi connectivity index (χ1v) is 12.3. The molecule has 2 unspecified atom stereocenters. The summed E-state index contributed by atoms with van der Waals surface area (Å²) in [6.07, 6.45) is 5.35. The van der Waals surface area contributed by atoms with Crippen molar-refractivity contribution in [1.82, 2.24) is 19.8 Å². The number of likely N-dealkylation sites (N-methyl/N-ethyl adjacent to an activating group) is 1. The van der Waals surface area contributed by atoms with Crippen LogP contribution < -0.4 is 5.32 Å². The summed E-state index contributed by atoms with van der Waals surface area (Å²) < 4.78 is 0. The summed E-state index contributed by atoms with van der Waals surface area (Å²) >= 11 is 3.74. The molecule has 1 N–H and O–H groups in total. The van der Waals surface area contributed by atoms with E-state index in [-0.39, 0.29) is 0 Å². The zero-order valence-corrected chi connectivity index (χ0v) is 18.9. The van der Waals surface area contributed by atoms with Gasteiger partial charge in [-0.05, 0) is 49.2 Å². The molecule has 4 heterocycles. The lowest BCUT2D eigenvalue weighted by Gasteiger charge is -2.37. The largest absolute Gasteiger partial charge is 0.367 e. The van der Waals surface area contributed by atoms with Crippen molar-refractivity contribution in [3.8, 4) is 0 Å². The Morgan fingerprint density at radius 3 is 2.90 bits per heavy atom. The summed E-state index contributed by atoms with van der Waals surface area (Å²) in [5, 5.41) is 7.21. The molecule has 0 amide bonds. The van der Waals surface area contributed by atoms with Gasteiger partial charge in [0.2, 0.25) is 0 Å². The number of fused-ring (bicyclic) bond motifs is 3. The van der Waals surface area contributed by atoms with E-state index in [1.165, 1.54) is 33.5 Å². The Hall–Kier alpha value is -1.54. The molecule has 1 fully saturated rings. The van der Waals surface area contributed by atoms with Crippen LogP contribution in [0.25, 0.3) is 10.2 Å². The lowest BCUT2D eigenvalue weighted by molar-refractivity contribution is 0.118. The smallest absolute Gasteiger partial charge is 0.138 e. The van der Waals surface area contributed by atoms with Gasteiger partial charge in [0.25, 0.3) is 0 Å². The van der Waals surface area contributed by atoms with Crippen LogP contribution in [0.3, 0.4) is 0 Å². The minimum atomic E-state index is 0.392. The second-order valence-electron chi connectivity index (χ2n) is 8.51. The Morgan fingerprint density at radius 2 is 2.10 bits per heavy atom. The van der Waals surface area contributed by atoms with Crippen molar-refractivity contribution in [2.24, 2.45) is 5.92 Å². The standard InChI is InChI=1S/C22H29N5S2/c1-15-5-6-16-19(12-15)29-22-20(16)21(24-14-25-22)23-13-17(18-4-3-11-28-18)27-9-7-26(2)8-10-27/h3-4,11,14-15,17H,5-10,12-13H2,1-2H3,(H,23,24,25). The molecule has 1 saturated heterocycles. The maximum Gasteiger partial charge on any atom is 0.138 e. The highest BCUT2D eigenvalue weighted by atomic mass is 32.1. The first-order valence-electron chi connectivity index (χ1n) is 10.6. The fraction of sp³-hybridized carbons (Fsp3) is 0.545. The van der Waals surface area contributed by atoms with Crippen molar-refractivity contribution in [1.29, 1.82) is 0 Å². The van der Waals surface area contributed by atoms with Gasteiger partial charge in [0.05, 0.1) is 11.4 Å². The van der Waals surface area contributed by atoms with E-state index < -0.39 is 0 Å². The summed E-state index contributed by atoms with van der Waals surface area (Å²) in [5.41, 5.74) is 1.50. The second-order valence-corrected chi connectivity index (χ2v) is 10.6. The number of aryl methyl sites for hydroxylation is 1. The van der Waals surface area contributed by atoms with Crippen LogP contribution in [0, 0.1) is 5.92 Å². The monoisotopic (exact) mass is 427 g/mol. The SMILES string of the molecule is CC1CCc2c(sc3ncnc(NCC(c4cccs4)N4CCN(C)CC4)c23)C1. The van der Waals surface area contributed by atoms with Crippen LogP contribution in [-0.2, 0) is 12.8 Å². The molecule has 1 aliphatic heterocycles. The highest BCUT2D eigenvalue weighted by molar-refractivity contribution is 7.19. The molecule has 7 heteroatoms. The summed E-state index contributed by atoms with van der Waals surface area (Å²) in [6.45, 7) is 7.75. The highest BCUT2D eigenvalue weighted by Crippen LogP contribution is 2.40. The highest BCUT2D eigenvalue weighted by Gasteiger charge is 2.26. The van der Waals surface area contributed by atoms with Crippen molar-refractivity contribution in [2.75, 3.05) is 45.1 Å². The first-order chi connectivity index (χ1) is 14.2. The van der Waals surface area contributed by atoms with Crippen LogP contribution >= 0.6 is 22.7 Å². The molecule has 0 saturated carbocycles. The molecule has 5 nitrogen and oxygen atoms in total. The van der Waals surface area contributed by atoms with Gasteiger partial charge in [0.1, 0.15) is 17.0 Å². The minimum absolute atomic E-state index is 0.392. The molecular weight excluding hydrogens is 398 g/mol. The zero-order valence-electron chi connectivity index (χ0n) is 17.2. The normalized spacial score (nSPS) is 21.9. The van der Waals surface area contributed by atoms with Crippen molar-refractivity contribution in [3.63, 3.8) is 0 Å². The van der Waals surface area contributed by atoms with Crippen LogP contribution in [-0.4, -0.2) is 59.5 Å². The number of aromatic nitrogens is 2. The Morgan fingerprint density at radius 1 is 1.24 bits per heavy atom. The Bertz CT molecular complexity index is 959. The number of anilines is 1. The van der Waals surface area contributed by atoms with E-state index in [1.54, 1.807) is 6.33 Å². The fourth-order valence-corrected chi connectivity index (χ4v) is 6.84. The topological polar surface area (TPSA) is 44.3 Å². The number of thiophene rings is 2. The fourth-order valence-electron chi connectivity index (χ4n) is 4.63. The Labute approximate surface area is 180 Å². The van der Waals surface area contributed by atoms with E-state index in [0.29, 0.717) is 6.04 Å². The third-order valence-electron chi connectivity index (χ3n) is 6.40. The summed E-state index contributed by atoms with van der Waals surface area (Å²) in [4.78, 5) is 18.4. The molecule has 0 bridgehead atoms. The van der Waals surface area contributed by atoms with Gasteiger partial charge in [-0.1, -0.05) is 13.0 Å². The van der Waals surface area contributed by atoms with Gasteiger partial charge in [-0.25, -0.2) is 9.97 Å². The summed E-state index contributed by atoms with van der Waals surface area (Å²) in [5.74, 6) is 1.80. The average Bonchev–Trinajstić information content (AvgIpc) is 3.37. The number of hydrogen-bond donors (Lipinski definition) is 1. The van der Waals surface area contributed by atoms with Crippen LogP contribution in [0.15, 0.2) is 23.8 Å². The number of hydrogen-bond acceptors (Lipinski definition) is 7.